The molecular formula is C29H34N2O3. The highest BCUT2D eigenvalue weighted by molar-refractivity contribution is 5.89. The van der Waals surface area contributed by atoms with Crippen LogP contribution >= 0.6 is 0 Å². The number of aromatic nitrogens is 1. The van der Waals surface area contributed by atoms with Gasteiger partial charge in [0, 0.05) is 50.0 Å². The van der Waals surface area contributed by atoms with Crippen LogP contribution in [-0.4, -0.2) is 55.3 Å². The van der Waals surface area contributed by atoms with Crippen LogP contribution in [0.15, 0.2) is 54.9 Å². The summed E-state index contributed by atoms with van der Waals surface area (Å²) in [6, 6.07) is 15.0. The number of hydrogen-bond acceptors (Lipinski definition) is 4. The van der Waals surface area contributed by atoms with Crippen LogP contribution in [0.1, 0.15) is 35.1 Å². The maximum Gasteiger partial charge on any atom is 0.233 e. The first-order chi connectivity index (χ1) is 16.5. The minimum absolute atomic E-state index is 0.235. The van der Waals surface area contributed by atoms with E-state index in [-0.39, 0.29) is 11.8 Å². The Kier molecular flexibility index (Phi) is 6.66. The highest BCUT2D eigenvalue weighted by Crippen LogP contribution is 2.38. The van der Waals surface area contributed by atoms with Crippen LogP contribution in [0.2, 0.25) is 0 Å². The Morgan fingerprint density at radius 2 is 1.85 bits per heavy atom. The summed E-state index contributed by atoms with van der Waals surface area (Å²) in [6.07, 6.45) is 6.10. The molecule has 0 saturated carbocycles. The Hall–Kier alpha value is -2.76. The second-order valence-corrected chi connectivity index (χ2v) is 9.98. The number of ether oxygens (including phenoxy) is 2. The van der Waals surface area contributed by atoms with Gasteiger partial charge in [0.05, 0.1) is 18.6 Å². The van der Waals surface area contributed by atoms with E-state index >= 15 is 0 Å². The molecule has 0 N–H and O–H groups in total. The molecule has 5 heteroatoms. The molecule has 2 aromatic carbocycles. The molecule has 1 aromatic heterocycles. The van der Waals surface area contributed by atoms with Gasteiger partial charge in [-0.1, -0.05) is 47.5 Å². The lowest BCUT2D eigenvalue weighted by Gasteiger charge is -2.40. The molecule has 1 amide bonds. The minimum atomic E-state index is -0.519. The van der Waals surface area contributed by atoms with Crippen LogP contribution in [0.4, 0.5) is 0 Å². The molecule has 178 valence electrons. The number of pyridine rings is 1. The lowest BCUT2D eigenvalue weighted by atomic mass is 9.72. The molecule has 2 fully saturated rings. The van der Waals surface area contributed by atoms with Crippen LogP contribution in [0, 0.1) is 19.8 Å². The van der Waals surface area contributed by atoms with E-state index in [1.165, 1.54) is 22.1 Å². The number of aryl methyl sites for hydroxylation is 2. The van der Waals surface area contributed by atoms with Gasteiger partial charge in [-0.15, -0.1) is 0 Å². The molecule has 0 bridgehead atoms. The molecule has 0 aliphatic carbocycles. The van der Waals surface area contributed by atoms with E-state index in [1.807, 2.05) is 12.4 Å². The van der Waals surface area contributed by atoms with Gasteiger partial charge in [-0.25, -0.2) is 0 Å². The molecule has 0 radical (unpaired) electrons. The predicted molar refractivity (Wildman–Crippen MR) is 134 cm³/mol. The fourth-order valence-electron chi connectivity index (χ4n) is 5.77. The molecule has 1 atom stereocenters. The number of hydrogen-bond donors (Lipinski definition) is 0. The van der Waals surface area contributed by atoms with Crippen molar-refractivity contribution in [2.45, 2.75) is 38.5 Å². The van der Waals surface area contributed by atoms with Crippen molar-refractivity contribution in [1.29, 1.82) is 0 Å². The topological polar surface area (TPSA) is 51.7 Å². The smallest absolute Gasteiger partial charge is 0.233 e. The maximum absolute atomic E-state index is 14.3. The Balaban J connectivity index is 1.42. The predicted octanol–water partition coefficient (Wildman–Crippen LogP) is 4.62. The van der Waals surface area contributed by atoms with Crippen molar-refractivity contribution in [2.24, 2.45) is 5.92 Å². The van der Waals surface area contributed by atoms with Crippen LogP contribution in [-0.2, 0) is 26.1 Å². The minimum Gasteiger partial charge on any atom is -0.381 e. The second-order valence-electron chi connectivity index (χ2n) is 9.98. The first-order valence-electron chi connectivity index (χ1n) is 12.4. The quantitative estimate of drug-likeness (QED) is 0.573. The SMILES string of the molecule is Cc1cc(C)cc(C2(C(=O)N3CCOC[C@@H](Cc4cccc5cnccc45)C3)CCOCC2)c1. The number of nitrogens with zero attached hydrogens (tertiary/aromatic N) is 2. The molecule has 2 aliphatic rings. The van der Waals surface area contributed by atoms with Crippen molar-refractivity contribution in [3.05, 3.63) is 77.1 Å². The third kappa shape index (κ3) is 4.59. The normalized spacial score (nSPS) is 20.8. The van der Waals surface area contributed by atoms with Gasteiger partial charge in [-0.05, 0) is 55.7 Å². The molecule has 3 aromatic rings. The average Bonchev–Trinajstić information content (AvgIpc) is 3.09. The lowest BCUT2D eigenvalue weighted by Crippen LogP contribution is -2.51. The molecule has 0 spiro atoms. The van der Waals surface area contributed by atoms with Gasteiger partial charge < -0.3 is 14.4 Å². The first-order valence-corrected chi connectivity index (χ1v) is 12.4. The van der Waals surface area contributed by atoms with Gasteiger partial charge in [0.2, 0.25) is 5.91 Å². The van der Waals surface area contributed by atoms with E-state index in [4.69, 9.17) is 9.47 Å². The summed E-state index contributed by atoms with van der Waals surface area (Å²) in [6.45, 7) is 8.09. The molecule has 5 rings (SSSR count). The second kappa shape index (κ2) is 9.85. The molecule has 2 saturated heterocycles. The summed E-state index contributed by atoms with van der Waals surface area (Å²) in [4.78, 5) is 20.6. The maximum atomic E-state index is 14.3. The number of carbonyl (C=O) groups excluding carboxylic acids is 1. The highest BCUT2D eigenvalue weighted by Gasteiger charge is 2.44. The van der Waals surface area contributed by atoms with Crippen LogP contribution in [0.3, 0.4) is 0 Å². The first kappa shape index (κ1) is 23.0. The Bertz CT molecular complexity index is 1140. The number of carbonyl (C=O) groups is 1. The largest absolute Gasteiger partial charge is 0.381 e. The highest BCUT2D eigenvalue weighted by atomic mass is 16.5. The van der Waals surface area contributed by atoms with E-state index in [1.54, 1.807) is 0 Å². The number of rotatable bonds is 4. The summed E-state index contributed by atoms with van der Waals surface area (Å²) in [5, 5.41) is 2.38. The van der Waals surface area contributed by atoms with E-state index in [2.05, 4.69) is 66.2 Å². The molecule has 5 nitrogen and oxygen atoms in total. The van der Waals surface area contributed by atoms with Gasteiger partial charge in [0.25, 0.3) is 0 Å². The molecule has 0 unspecified atom stereocenters. The summed E-state index contributed by atoms with van der Waals surface area (Å²) in [5.74, 6) is 0.486. The van der Waals surface area contributed by atoms with Crippen LogP contribution in [0.25, 0.3) is 10.8 Å². The van der Waals surface area contributed by atoms with Crippen molar-refractivity contribution in [1.82, 2.24) is 9.88 Å². The number of fused-ring (bicyclic) bond motifs is 1. The van der Waals surface area contributed by atoms with E-state index < -0.39 is 5.41 Å². The monoisotopic (exact) mass is 458 g/mol. The van der Waals surface area contributed by atoms with Crippen molar-refractivity contribution >= 4 is 16.7 Å². The van der Waals surface area contributed by atoms with E-state index in [9.17, 15) is 4.79 Å². The zero-order valence-electron chi connectivity index (χ0n) is 20.3. The summed E-state index contributed by atoms with van der Waals surface area (Å²) < 4.78 is 11.7. The molecule has 2 aliphatic heterocycles. The number of amides is 1. The third-order valence-corrected chi connectivity index (χ3v) is 7.43. The Morgan fingerprint density at radius 1 is 1.06 bits per heavy atom. The fourth-order valence-corrected chi connectivity index (χ4v) is 5.77. The standard InChI is InChI=1S/C29H34N2O3/c1-21-14-22(2)16-26(15-21)29(7-11-33-12-8-29)28(32)31-10-13-34-20-23(19-31)17-24-4-3-5-25-18-30-9-6-27(24)25/h3-6,9,14-16,18,23H,7-8,10-13,17,19-20H2,1-2H3/t23-/m0/s1. The van der Waals surface area contributed by atoms with Gasteiger partial charge >= 0.3 is 0 Å². The number of benzene rings is 2. The average molecular weight is 459 g/mol. The van der Waals surface area contributed by atoms with Crippen molar-refractivity contribution in [2.75, 3.05) is 39.5 Å². The summed E-state index contributed by atoms with van der Waals surface area (Å²) >= 11 is 0. The summed E-state index contributed by atoms with van der Waals surface area (Å²) in [7, 11) is 0. The lowest BCUT2D eigenvalue weighted by molar-refractivity contribution is -0.141. The van der Waals surface area contributed by atoms with Crippen molar-refractivity contribution in [3.8, 4) is 0 Å². The van der Waals surface area contributed by atoms with Crippen molar-refractivity contribution < 1.29 is 14.3 Å². The van der Waals surface area contributed by atoms with E-state index in [0.29, 0.717) is 39.5 Å². The zero-order chi connectivity index (χ0) is 23.5. The third-order valence-electron chi connectivity index (χ3n) is 7.43. The van der Waals surface area contributed by atoms with Gasteiger partial charge in [-0.2, -0.15) is 0 Å². The molecular weight excluding hydrogens is 424 g/mol. The Labute approximate surface area is 202 Å². The molecule has 3 heterocycles. The van der Waals surface area contributed by atoms with E-state index in [0.717, 1.165) is 30.2 Å². The van der Waals surface area contributed by atoms with Crippen LogP contribution < -0.4 is 0 Å². The fraction of sp³-hybridized carbons (Fsp3) is 0.448. The Morgan fingerprint density at radius 3 is 2.65 bits per heavy atom. The van der Waals surface area contributed by atoms with Crippen LogP contribution in [0.5, 0.6) is 0 Å². The van der Waals surface area contributed by atoms with Crippen molar-refractivity contribution in [3.63, 3.8) is 0 Å². The molecule has 34 heavy (non-hydrogen) atoms. The van der Waals surface area contributed by atoms with Gasteiger partial charge in [0.1, 0.15) is 0 Å². The van der Waals surface area contributed by atoms with Gasteiger partial charge in [0.15, 0.2) is 0 Å². The summed E-state index contributed by atoms with van der Waals surface area (Å²) in [5.41, 5.74) is 4.32. The zero-order valence-corrected chi connectivity index (χ0v) is 20.3. The van der Waals surface area contributed by atoms with Gasteiger partial charge in [-0.3, -0.25) is 9.78 Å².